The van der Waals surface area contributed by atoms with E-state index in [9.17, 15) is 13.2 Å². The molecule has 134 valence electrons. The zero-order valence-corrected chi connectivity index (χ0v) is 15.5. The Balaban J connectivity index is 2.05. The number of benzene rings is 1. The molecule has 0 aliphatic carbocycles. The van der Waals surface area contributed by atoms with Crippen molar-refractivity contribution in [2.24, 2.45) is 0 Å². The van der Waals surface area contributed by atoms with Crippen LogP contribution in [0.25, 0.3) is 0 Å². The van der Waals surface area contributed by atoms with Crippen molar-refractivity contribution >= 4 is 27.7 Å². The van der Waals surface area contributed by atoms with Crippen LogP contribution in [0.1, 0.15) is 19.3 Å². The molecule has 1 fully saturated rings. The van der Waals surface area contributed by atoms with E-state index in [1.165, 1.54) is 12.1 Å². The van der Waals surface area contributed by atoms with Crippen molar-refractivity contribution in [2.45, 2.75) is 36.2 Å². The van der Waals surface area contributed by atoms with E-state index in [1.807, 2.05) is 6.26 Å². The third-order valence-corrected chi connectivity index (χ3v) is 6.10. The highest BCUT2D eigenvalue weighted by Crippen LogP contribution is 2.11. The van der Waals surface area contributed by atoms with E-state index in [0.717, 1.165) is 25.9 Å². The summed E-state index contributed by atoms with van der Waals surface area (Å²) in [5.41, 5.74) is 0. The van der Waals surface area contributed by atoms with Gasteiger partial charge in [-0.15, -0.1) is 0 Å². The number of carbonyl (C=O) groups excluding carboxylic acids is 1. The Kier molecular flexibility index (Phi) is 7.54. The largest absolute Gasteiger partial charge is 0.352 e. The minimum atomic E-state index is -3.71. The highest BCUT2D eigenvalue weighted by molar-refractivity contribution is 7.98. The second kappa shape index (κ2) is 9.41. The van der Waals surface area contributed by atoms with Crippen LogP contribution in [0.5, 0.6) is 0 Å². The second-order valence-corrected chi connectivity index (χ2v) is 8.50. The smallest absolute Gasteiger partial charge is 0.241 e. The summed E-state index contributed by atoms with van der Waals surface area (Å²) in [6.45, 7) is 1.74. The van der Waals surface area contributed by atoms with Crippen molar-refractivity contribution in [1.29, 1.82) is 0 Å². The molecule has 1 aliphatic rings. The predicted molar refractivity (Wildman–Crippen MR) is 97.6 cm³/mol. The van der Waals surface area contributed by atoms with E-state index in [1.54, 1.807) is 30.0 Å². The minimum Gasteiger partial charge on any atom is -0.352 e. The van der Waals surface area contributed by atoms with Gasteiger partial charge in [-0.1, -0.05) is 18.2 Å². The monoisotopic (exact) mass is 371 g/mol. The van der Waals surface area contributed by atoms with Crippen LogP contribution < -0.4 is 15.4 Å². The molecule has 1 heterocycles. The number of amides is 1. The van der Waals surface area contributed by atoms with Gasteiger partial charge < -0.3 is 10.6 Å². The first-order chi connectivity index (χ1) is 11.5. The van der Waals surface area contributed by atoms with Gasteiger partial charge in [0.25, 0.3) is 0 Å². The van der Waals surface area contributed by atoms with Gasteiger partial charge >= 0.3 is 0 Å². The first-order valence-corrected chi connectivity index (χ1v) is 11.0. The number of sulfonamides is 1. The van der Waals surface area contributed by atoms with Gasteiger partial charge in [-0.3, -0.25) is 4.79 Å². The molecule has 0 spiro atoms. The average Bonchev–Trinajstić information content (AvgIpc) is 2.60. The van der Waals surface area contributed by atoms with Crippen LogP contribution in [0.4, 0.5) is 0 Å². The highest BCUT2D eigenvalue weighted by Gasteiger charge is 2.27. The molecule has 0 aromatic heterocycles. The lowest BCUT2D eigenvalue weighted by Gasteiger charge is -2.26. The lowest BCUT2D eigenvalue weighted by molar-refractivity contribution is -0.123. The SMILES string of the molecule is CSCCC(NS(=O)(=O)c1ccccc1)C(=O)NC1CCNCC1. The number of hydrogen-bond donors (Lipinski definition) is 3. The Morgan fingerprint density at radius 2 is 1.96 bits per heavy atom. The van der Waals surface area contributed by atoms with E-state index in [-0.39, 0.29) is 16.8 Å². The van der Waals surface area contributed by atoms with Gasteiger partial charge in [-0.2, -0.15) is 16.5 Å². The van der Waals surface area contributed by atoms with Gasteiger partial charge in [0.05, 0.1) is 4.90 Å². The fourth-order valence-electron chi connectivity index (χ4n) is 2.60. The van der Waals surface area contributed by atoms with E-state index in [0.29, 0.717) is 12.2 Å². The molecular formula is C16H25N3O3S2. The number of nitrogens with one attached hydrogen (secondary N) is 3. The highest BCUT2D eigenvalue weighted by atomic mass is 32.2. The summed E-state index contributed by atoms with van der Waals surface area (Å²) in [5, 5.41) is 6.23. The normalized spacial score (nSPS) is 17.4. The van der Waals surface area contributed by atoms with Crippen LogP contribution in [0, 0.1) is 0 Å². The third-order valence-electron chi connectivity index (χ3n) is 3.96. The van der Waals surface area contributed by atoms with Crippen molar-refractivity contribution in [3.8, 4) is 0 Å². The van der Waals surface area contributed by atoms with E-state index in [4.69, 9.17) is 0 Å². The molecule has 1 saturated heterocycles. The minimum absolute atomic E-state index is 0.108. The molecule has 1 atom stereocenters. The van der Waals surface area contributed by atoms with E-state index >= 15 is 0 Å². The van der Waals surface area contributed by atoms with Crippen LogP contribution in [-0.2, 0) is 14.8 Å². The summed E-state index contributed by atoms with van der Waals surface area (Å²) in [6, 6.07) is 7.50. The quantitative estimate of drug-likeness (QED) is 0.633. The summed E-state index contributed by atoms with van der Waals surface area (Å²) < 4.78 is 27.6. The molecule has 24 heavy (non-hydrogen) atoms. The Labute approximate surface area is 148 Å². The molecule has 1 aliphatic heterocycles. The summed E-state index contributed by atoms with van der Waals surface area (Å²) in [6.07, 6.45) is 4.14. The molecular weight excluding hydrogens is 346 g/mol. The second-order valence-electron chi connectivity index (χ2n) is 5.80. The van der Waals surface area contributed by atoms with Gasteiger partial charge in [0.2, 0.25) is 15.9 Å². The van der Waals surface area contributed by atoms with Crippen LogP contribution in [0.3, 0.4) is 0 Å². The first kappa shape index (κ1) is 19.2. The van der Waals surface area contributed by atoms with Crippen molar-refractivity contribution in [3.05, 3.63) is 30.3 Å². The standard InChI is InChI=1S/C16H25N3O3S2/c1-23-12-9-15(16(20)18-13-7-10-17-11-8-13)19-24(21,22)14-5-3-2-4-6-14/h2-6,13,15,17,19H,7-12H2,1H3,(H,18,20). The van der Waals surface area contributed by atoms with Crippen molar-refractivity contribution in [3.63, 3.8) is 0 Å². The van der Waals surface area contributed by atoms with Crippen molar-refractivity contribution < 1.29 is 13.2 Å². The fraction of sp³-hybridized carbons (Fsp3) is 0.562. The van der Waals surface area contributed by atoms with Crippen molar-refractivity contribution in [2.75, 3.05) is 25.1 Å². The van der Waals surface area contributed by atoms with Crippen LogP contribution >= 0.6 is 11.8 Å². The molecule has 1 aromatic rings. The van der Waals surface area contributed by atoms with Crippen molar-refractivity contribution in [1.82, 2.24) is 15.4 Å². The maximum Gasteiger partial charge on any atom is 0.241 e. The molecule has 2 rings (SSSR count). The lowest BCUT2D eigenvalue weighted by Crippen LogP contribution is -2.51. The Morgan fingerprint density at radius 1 is 1.29 bits per heavy atom. The summed E-state index contributed by atoms with van der Waals surface area (Å²) >= 11 is 1.59. The molecule has 8 heteroatoms. The Hall–Kier alpha value is -1.09. The lowest BCUT2D eigenvalue weighted by atomic mass is 10.1. The predicted octanol–water partition coefficient (Wildman–Crippen LogP) is 0.955. The Morgan fingerprint density at radius 3 is 2.58 bits per heavy atom. The van der Waals surface area contributed by atoms with E-state index in [2.05, 4.69) is 15.4 Å². The summed E-state index contributed by atoms with van der Waals surface area (Å²) in [4.78, 5) is 12.7. The zero-order chi connectivity index (χ0) is 17.4. The topological polar surface area (TPSA) is 87.3 Å². The molecule has 0 radical (unpaired) electrons. The molecule has 1 amide bonds. The number of hydrogen-bond acceptors (Lipinski definition) is 5. The van der Waals surface area contributed by atoms with Gasteiger partial charge in [-0.25, -0.2) is 8.42 Å². The maximum absolute atomic E-state index is 12.6. The van der Waals surface area contributed by atoms with Gasteiger partial charge in [0, 0.05) is 6.04 Å². The Bertz CT molecular complexity index is 617. The number of piperidine rings is 1. The average molecular weight is 372 g/mol. The molecule has 0 bridgehead atoms. The number of carbonyl (C=O) groups is 1. The first-order valence-electron chi connectivity index (χ1n) is 8.10. The third kappa shape index (κ3) is 5.77. The molecule has 1 aromatic carbocycles. The fourth-order valence-corrected chi connectivity index (χ4v) is 4.32. The zero-order valence-electron chi connectivity index (χ0n) is 13.8. The van der Waals surface area contributed by atoms with Gasteiger partial charge in [0.15, 0.2) is 0 Å². The molecule has 0 saturated carbocycles. The van der Waals surface area contributed by atoms with Crippen LogP contribution in [0.2, 0.25) is 0 Å². The molecule has 6 nitrogen and oxygen atoms in total. The summed E-state index contributed by atoms with van der Waals surface area (Å²) in [5.74, 6) is 0.470. The number of rotatable bonds is 8. The molecule has 1 unspecified atom stereocenters. The van der Waals surface area contributed by atoms with Gasteiger partial charge in [-0.05, 0) is 56.5 Å². The van der Waals surface area contributed by atoms with Crippen LogP contribution in [0.15, 0.2) is 35.2 Å². The summed E-state index contributed by atoms with van der Waals surface area (Å²) in [7, 11) is -3.71. The van der Waals surface area contributed by atoms with E-state index < -0.39 is 16.1 Å². The van der Waals surface area contributed by atoms with Gasteiger partial charge in [0.1, 0.15) is 6.04 Å². The number of thioether (sulfide) groups is 1. The maximum atomic E-state index is 12.6. The molecule has 3 N–H and O–H groups in total. The van der Waals surface area contributed by atoms with Crippen LogP contribution in [-0.4, -0.2) is 51.5 Å².